The second-order valence-corrected chi connectivity index (χ2v) is 8.46. The summed E-state index contributed by atoms with van der Waals surface area (Å²) in [6.07, 6.45) is -0.918. The van der Waals surface area contributed by atoms with Gasteiger partial charge in [0.15, 0.2) is 6.10 Å². The highest BCUT2D eigenvalue weighted by Crippen LogP contribution is 2.53. The Kier molecular flexibility index (Phi) is 6.94. The third-order valence-electron chi connectivity index (χ3n) is 3.97. The van der Waals surface area contributed by atoms with Gasteiger partial charge < -0.3 is 10.1 Å². The number of carbonyl (C=O) groups excluding carboxylic acids is 2. The van der Waals surface area contributed by atoms with Crippen LogP contribution in [-0.4, -0.2) is 38.2 Å². The maximum Gasteiger partial charge on any atom is 0.406 e. The third-order valence-corrected chi connectivity index (χ3v) is 5.48. The van der Waals surface area contributed by atoms with Crippen molar-refractivity contribution in [2.24, 2.45) is 5.41 Å². The molecule has 8 nitrogen and oxygen atoms in total. The topological polar surface area (TPSA) is 103 Å². The summed E-state index contributed by atoms with van der Waals surface area (Å²) in [4.78, 5) is 23.6. The van der Waals surface area contributed by atoms with Crippen molar-refractivity contribution < 1.29 is 27.9 Å². The van der Waals surface area contributed by atoms with Gasteiger partial charge in [0.05, 0.1) is 20.1 Å². The number of ether oxygens (including phenoxy) is 1. The molecular formula is C17H25N2O6P. The average molecular weight is 384 g/mol. The quantitative estimate of drug-likeness (QED) is 0.547. The molecule has 1 aliphatic heterocycles. The van der Waals surface area contributed by atoms with Gasteiger partial charge in [-0.15, -0.1) is 0 Å². The molecule has 9 heteroatoms. The fraction of sp³-hybridized carbons (Fsp3) is 0.529. The first kappa shape index (κ1) is 20.6. The Morgan fingerprint density at radius 3 is 2.65 bits per heavy atom. The molecule has 1 aromatic rings. The third kappa shape index (κ3) is 5.64. The van der Waals surface area contributed by atoms with E-state index >= 15 is 0 Å². The van der Waals surface area contributed by atoms with Crippen LogP contribution in [0.3, 0.4) is 0 Å². The Hall–Kier alpha value is -1.73. The number of rotatable bonds is 7. The monoisotopic (exact) mass is 384 g/mol. The Morgan fingerprint density at radius 2 is 2.00 bits per heavy atom. The molecule has 0 saturated carbocycles. The van der Waals surface area contributed by atoms with Crippen molar-refractivity contribution in [3.8, 4) is 0 Å². The van der Waals surface area contributed by atoms with Crippen LogP contribution < -0.4 is 10.4 Å². The molecule has 144 valence electrons. The van der Waals surface area contributed by atoms with Crippen molar-refractivity contribution >= 4 is 19.6 Å². The Bertz CT molecular complexity index is 679. The normalized spacial score (nSPS) is 24.7. The number of methoxy groups -OCH3 is 1. The van der Waals surface area contributed by atoms with E-state index in [-0.39, 0.29) is 26.1 Å². The number of benzene rings is 1. The molecular weight excluding hydrogens is 359 g/mol. The average Bonchev–Trinajstić information content (AvgIpc) is 2.63. The molecule has 1 heterocycles. The fourth-order valence-electron chi connectivity index (χ4n) is 2.39. The highest BCUT2D eigenvalue weighted by atomic mass is 31.2. The van der Waals surface area contributed by atoms with E-state index in [9.17, 15) is 14.2 Å². The van der Waals surface area contributed by atoms with E-state index < -0.39 is 31.1 Å². The molecule has 0 aliphatic carbocycles. The molecule has 26 heavy (non-hydrogen) atoms. The lowest BCUT2D eigenvalue weighted by atomic mass is 9.87. The van der Waals surface area contributed by atoms with Crippen LogP contribution in [0.2, 0.25) is 0 Å². The molecule has 2 atom stereocenters. The Labute approximate surface area is 153 Å². The number of nitrogens with one attached hydrogen (secondary N) is 2. The van der Waals surface area contributed by atoms with E-state index in [1.165, 1.54) is 7.11 Å². The largest absolute Gasteiger partial charge is 0.469 e. The SMILES string of the molecule is COC(=O)CCNC(=O)[C@@H]1OP(=O)(NCc2ccccc2)OCC1(C)C. The molecule has 1 fully saturated rings. The van der Waals surface area contributed by atoms with Gasteiger partial charge in [-0.05, 0) is 5.56 Å². The van der Waals surface area contributed by atoms with Crippen molar-refractivity contribution in [3.05, 3.63) is 35.9 Å². The van der Waals surface area contributed by atoms with Gasteiger partial charge in [0, 0.05) is 18.5 Å². The van der Waals surface area contributed by atoms with Crippen LogP contribution in [0.15, 0.2) is 30.3 Å². The molecule has 1 amide bonds. The minimum absolute atomic E-state index is 0.0514. The van der Waals surface area contributed by atoms with Crippen LogP contribution in [0.1, 0.15) is 25.8 Å². The summed E-state index contributed by atoms with van der Waals surface area (Å²) in [6.45, 7) is 4.08. The Balaban J connectivity index is 1.97. The summed E-state index contributed by atoms with van der Waals surface area (Å²) in [5, 5.41) is 5.39. The predicted octanol–water partition coefficient (Wildman–Crippen LogP) is 2.01. The second kappa shape index (κ2) is 8.77. The number of esters is 1. The van der Waals surface area contributed by atoms with Gasteiger partial charge in [-0.1, -0.05) is 44.2 Å². The van der Waals surface area contributed by atoms with Crippen LogP contribution in [-0.2, 0) is 34.5 Å². The smallest absolute Gasteiger partial charge is 0.406 e. The first-order chi connectivity index (χ1) is 12.3. The zero-order valence-electron chi connectivity index (χ0n) is 15.2. The first-order valence-electron chi connectivity index (χ1n) is 8.32. The molecule has 0 spiro atoms. The van der Waals surface area contributed by atoms with Crippen LogP contribution in [0.5, 0.6) is 0 Å². The molecule has 0 radical (unpaired) electrons. The summed E-state index contributed by atoms with van der Waals surface area (Å²) in [5.41, 5.74) is 0.247. The first-order valence-corrected chi connectivity index (χ1v) is 9.86. The molecule has 1 aromatic carbocycles. The predicted molar refractivity (Wildman–Crippen MR) is 95.1 cm³/mol. The standard InChI is InChI=1S/C17H25N2O6P/c1-17(2)12-24-26(22,19-11-13-7-5-4-6-8-13)25-15(17)16(21)18-10-9-14(20)23-3/h4-8,15H,9-12H2,1-3H3,(H,18,21)(H,19,22)/t15-,26?/m0/s1. The van der Waals surface area contributed by atoms with E-state index in [4.69, 9.17) is 9.05 Å². The molecule has 0 bridgehead atoms. The highest BCUT2D eigenvalue weighted by molar-refractivity contribution is 7.51. The van der Waals surface area contributed by atoms with Crippen molar-refractivity contribution in [2.45, 2.75) is 32.9 Å². The minimum Gasteiger partial charge on any atom is -0.469 e. The van der Waals surface area contributed by atoms with E-state index in [1.807, 2.05) is 30.3 Å². The minimum atomic E-state index is -3.63. The molecule has 0 aromatic heterocycles. The van der Waals surface area contributed by atoms with Crippen LogP contribution in [0, 0.1) is 5.41 Å². The fourth-order valence-corrected chi connectivity index (χ4v) is 4.16. The van der Waals surface area contributed by atoms with Crippen LogP contribution in [0.4, 0.5) is 0 Å². The van der Waals surface area contributed by atoms with Gasteiger partial charge in [-0.25, -0.2) is 9.65 Å². The van der Waals surface area contributed by atoms with Gasteiger partial charge in [-0.3, -0.25) is 18.6 Å². The summed E-state index contributed by atoms with van der Waals surface area (Å²) >= 11 is 0. The summed E-state index contributed by atoms with van der Waals surface area (Å²) < 4.78 is 28.3. The second-order valence-electron chi connectivity index (χ2n) is 6.68. The van der Waals surface area contributed by atoms with Crippen molar-refractivity contribution in [1.29, 1.82) is 0 Å². The molecule has 1 aliphatic rings. The number of hydrogen-bond donors (Lipinski definition) is 2. The van der Waals surface area contributed by atoms with Gasteiger partial charge >= 0.3 is 13.7 Å². The highest BCUT2D eigenvalue weighted by Gasteiger charge is 2.47. The van der Waals surface area contributed by atoms with E-state index in [1.54, 1.807) is 13.8 Å². The van der Waals surface area contributed by atoms with E-state index in [0.29, 0.717) is 0 Å². The number of carbonyl (C=O) groups is 2. The van der Waals surface area contributed by atoms with Gasteiger partial charge in [0.25, 0.3) is 0 Å². The van der Waals surface area contributed by atoms with E-state index in [0.717, 1.165) is 5.56 Å². The lowest BCUT2D eigenvalue weighted by Gasteiger charge is -2.40. The van der Waals surface area contributed by atoms with Crippen molar-refractivity contribution in [1.82, 2.24) is 10.4 Å². The summed E-state index contributed by atoms with van der Waals surface area (Å²) in [6, 6.07) is 9.39. The number of amides is 1. The van der Waals surface area contributed by atoms with Crippen LogP contribution in [0.25, 0.3) is 0 Å². The molecule has 1 unspecified atom stereocenters. The zero-order valence-corrected chi connectivity index (χ0v) is 16.1. The molecule has 1 saturated heterocycles. The van der Waals surface area contributed by atoms with E-state index in [2.05, 4.69) is 15.1 Å². The van der Waals surface area contributed by atoms with Crippen LogP contribution >= 0.6 is 7.75 Å². The summed E-state index contributed by atoms with van der Waals surface area (Å²) in [7, 11) is -2.35. The molecule has 2 rings (SSSR count). The zero-order chi connectivity index (χ0) is 19.2. The lowest BCUT2D eigenvalue weighted by Crippen LogP contribution is -2.50. The maximum absolute atomic E-state index is 12.8. The summed E-state index contributed by atoms with van der Waals surface area (Å²) in [5.74, 6) is -0.864. The van der Waals surface area contributed by atoms with Gasteiger partial charge in [0.2, 0.25) is 5.91 Å². The van der Waals surface area contributed by atoms with Gasteiger partial charge in [0.1, 0.15) is 0 Å². The maximum atomic E-state index is 12.8. The van der Waals surface area contributed by atoms with Crippen molar-refractivity contribution in [2.75, 3.05) is 20.3 Å². The molecule has 2 N–H and O–H groups in total. The lowest BCUT2D eigenvalue weighted by molar-refractivity contribution is -0.141. The number of hydrogen-bond acceptors (Lipinski definition) is 6. The van der Waals surface area contributed by atoms with Gasteiger partial charge in [-0.2, -0.15) is 0 Å². The Morgan fingerprint density at radius 1 is 1.31 bits per heavy atom. The van der Waals surface area contributed by atoms with Crippen molar-refractivity contribution in [3.63, 3.8) is 0 Å².